The lowest BCUT2D eigenvalue weighted by Gasteiger charge is -2.57. The number of benzene rings is 4. The molecule has 4 aliphatic rings. The molecule has 0 amide bonds. The van der Waals surface area contributed by atoms with Gasteiger partial charge in [-0.25, -0.2) is 15.0 Å². The first-order chi connectivity index (χ1) is 21.1. The van der Waals surface area contributed by atoms with Crippen LogP contribution >= 0.6 is 0 Å². The number of hydrogen-bond donors (Lipinski definition) is 0. The molecule has 0 saturated heterocycles. The van der Waals surface area contributed by atoms with E-state index in [4.69, 9.17) is 19.4 Å². The van der Waals surface area contributed by atoms with Gasteiger partial charge in [-0.3, -0.25) is 0 Å². The Labute approximate surface area is 250 Å². The van der Waals surface area contributed by atoms with Gasteiger partial charge in [0, 0.05) is 27.5 Å². The van der Waals surface area contributed by atoms with Crippen LogP contribution in [0.4, 0.5) is 0 Å². The summed E-state index contributed by atoms with van der Waals surface area (Å²) in [7, 11) is 0. The van der Waals surface area contributed by atoms with Crippen molar-refractivity contribution >= 4 is 21.9 Å². The Morgan fingerprint density at radius 3 is 1.88 bits per heavy atom. The predicted molar refractivity (Wildman–Crippen MR) is 168 cm³/mol. The Bertz CT molecular complexity index is 2030. The molecule has 6 aromatic rings. The van der Waals surface area contributed by atoms with Crippen molar-refractivity contribution in [3.05, 3.63) is 102 Å². The number of nitrogens with zero attached hydrogens (tertiary/aromatic N) is 4. The van der Waals surface area contributed by atoms with Crippen LogP contribution < -0.4 is 0 Å². The third-order valence-corrected chi connectivity index (χ3v) is 10.3. The molecular weight excluding hydrogens is 528 g/mol. The molecule has 4 aliphatic carbocycles. The molecule has 0 aliphatic heterocycles. The number of nitriles is 1. The Balaban J connectivity index is 1.15. The van der Waals surface area contributed by atoms with E-state index < -0.39 is 0 Å². The minimum atomic E-state index is 0.362. The molecule has 4 fully saturated rings. The zero-order chi connectivity index (χ0) is 28.5. The molecule has 4 aromatic carbocycles. The highest BCUT2D eigenvalue weighted by atomic mass is 16.3. The zero-order valence-electron chi connectivity index (χ0n) is 23.8. The van der Waals surface area contributed by atoms with Crippen LogP contribution in [0.5, 0.6) is 0 Å². The predicted octanol–water partition coefficient (Wildman–Crippen LogP) is 9.11. The lowest BCUT2D eigenvalue weighted by Crippen LogP contribution is -2.48. The van der Waals surface area contributed by atoms with E-state index in [0.717, 1.165) is 50.8 Å². The summed E-state index contributed by atoms with van der Waals surface area (Å²) in [6, 6.07) is 33.1. The highest BCUT2D eigenvalue weighted by Crippen LogP contribution is 2.60. The maximum absolute atomic E-state index is 9.58. The Hall–Kier alpha value is -4.82. The lowest BCUT2D eigenvalue weighted by atomic mass is 9.48. The first kappa shape index (κ1) is 24.7. The van der Waals surface area contributed by atoms with E-state index in [1.807, 2.05) is 54.6 Å². The van der Waals surface area contributed by atoms with Crippen molar-refractivity contribution in [2.24, 2.45) is 17.8 Å². The van der Waals surface area contributed by atoms with Crippen molar-refractivity contribution < 1.29 is 4.42 Å². The van der Waals surface area contributed by atoms with E-state index in [9.17, 15) is 5.26 Å². The molecule has 5 nitrogen and oxygen atoms in total. The van der Waals surface area contributed by atoms with Crippen LogP contribution in [0.25, 0.3) is 56.1 Å². The van der Waals surface area contributed by atoms with Gasteiger partial charge in [-0.1, -0.05) is 66.7 Å². The molecule has 208 valence electrons. The minimum absolute atomic E-state index is 0.362. The van der Waals surface area contributed by atoms with Crippen LogP contribution in [0, 0.1) is 29.1 Å². The second kappa shape index (κ2) is 9.34. The fraction of sp³-hybridized carbons (Fsp3) is 0.263. The summed E-state index contributed by atoms with van der Waals surface area (Å²) in [6.45, 7) is 0. The fourth-order valence-electron chi connectivity index (χ4n) is 8.81. The van der Waals surface area contributed by atoms with Crippen molar-refractivity contribution in [3.8, 4) is 40.2 Å². The van der Waals surface area contributed by atoms with Crippen LogP contribution in [-0.4, -0.2) is 15.0 Å². The molecule has 0 atom stereocenters. The highest BCUT2D eigenvalue weighted by molar-refractivity contribution is 6.07. The van der Waals surface area contributed by atoms with Crippen molar-refractivity contribution in [3.63, 3.8) is 0 Å². The van der Waals surface area contributed by atoms with Gasteiger partial charge in [0.1, 0.15) is 11.7 Å². The van der Waals surface area contributed by atoms with E-state index in [1.54, 1.807) is 6.07 Å². The average Bonchev–Trinajstić information content (AvgIpc) is 3.43. The molecule has 4 bridgehead atoms. The standard InChI is InChI=1S/C38H30N4O/c39-22-29-7-4-8-31-32-18-28(11-14-33(32)43-34(29)31)37-41-35(26-5-2-1-3-6-26)40-36(42-37)27-9-12-30(13-10-27)38-19-23-15-24(20-38)17-25(16-23)21-38/h1-14,18,23-25H,15-17,19-21H2/t23-,24+,25-,38?. The smallest absolute Gasteiger partial charge is 0.164 e. The summed E-state index contributed by atoms with van der Waals surface area (Å²) < 4.78 is 6.07. The highest BCUT2D eigenvalue weighted by Gasteiger charge is 2.51. The summed E-state index contributed by atoms with van der Waals surface area (Å²) >= 11 is 0. The molecule has 10 rings (SSSR count). The van der Waals surface area contributed by atoms with Crippen LogP contribution in [0.3, 0.4) is 0 Å². The molecule has 0 spiro atoms. The Morgan fingerprint density at radius 1 is 0.628 bits per heavy atom. The van der Waals surface area contributed by atoms with Crippen molar-refractivity contribution in [1.82, 2.24) is 15.0 Å². The Kier molecular flexibility index (Phi) is 5.38. The molecule has 0 N–H and O–H groups in total. The molecule has 43 heavy (non-hydrogen) atoms. The summed E-state index contributed by atoms with van der Waals surface area (Å²) in [4.78, 5) is 14.9. The summed E-state index contributed by atoms with van der Waals surface area (Å²) in [6.07, 6.45) is 8.42. The topological polar surface area (TPSA) is 75.6 Å². The minimum Gasteiger partial charge on any atom is -0.455 e. The molecule has 4 saturated carbocycles. The van der Waals surface area contributed by atoms with Gasteiger partial charge in [0.15, 0.2) is 23.1 Å². The second-order valence-corrected chi connectivity index (χ2v) is 13.1. The van der Waals surface area contributed by atoms with Gasteiger partial charge < -0.3 is 4.42 Å². The van der Waals surface area contributed by atoms with Gasteiger partial charge in [-0.2, -0.15) is 5.26 Å². The molecular formula is C38H30N4O. The number of para-hydroxylation sites is 1. The normalized spacial score (nSPS) is 24.0. The van der Waals surface area contributed by atoms with E-state index in [0.29, 0.717) is 34.0 Å². The van der Waals surface area contributed by atoms with E-state index in [2.05, 4.69) is 36.4 Å². The SMILES string of the molecule is N#Cc1cccc2c1oc1ccc(-c3nc(-c4ccccc4)nc(-c4ccc(C56C[C@H]7C[C@@H](C5)C[C@@H](C6)C7)cc4)n3)cc12. The van der Waals surface area contributed by atoms with Crippen molar-refractivity contribution in [1.29, 1.82) is 5.26 Å². The van der Waals surface area contributed by atoms with Crippen LogP contribution in [0.2, 0.25) is 0 Å². The third kappa shape index (κ3) is 4.01. The molecule has 0 unspecified atom stereocenters. The molecule has 5 heteroatoms. The van der Waals surface area contributed by atoms with Crippen molar-refractivity contribution in [2.75, 3.05) is 0 Å². The zero-order valence-corrected chi connectivity index (χ0v) is 23.8. The third-order valence-electron chi connectivity index (χ3n) is 10.3. The maximum Gasteiger partial charge on any atom is 0.164 e. The maximum atomic E-state index is 9.58. The number of rotatable bonds is 4. The number of hydrogen-bond acceptors (Lipinski definition) is 5. The largest absolute Gasteiger partial charge is 0.455 e. The van der Waals surface area contributed by atoms with Gasteiger partial charge in [-0.15, -0.1) is 0 Å². The van der Waals surface area contributed by atoms with Gasteiger partial charge >= 0.3 is 0 Å². The number of aromatic nitrogens is 3. The summed E-state index contributed by atoms with van der Waals surface area (Å²) in [5.74, 6) is 4.69. The first-order valence-corrected chi connectivity index (χ1v) is 15.4. The van der Waals surface area contributed by atoms with Crippen LogP contribution in [0.1, 0.15) is 49.7 Å². The monoisotopic (exact) mass is 558 g/mol. The van der Waals surface area contributed by atoms with Gasteiger partial charge in [-0.05, 0) is 91.5 Å². The van der Waals surface area contributed by atoms with Gasteiger partial charge in [0.05, 0.1) is 5.56 Å². The first-order valence-electron chi connectivity index (χ1n) is 15.4. The quantitative estimate of drug-likeness (QED) is 0.216. The lowest BCUT2D eigenvalue weighted by molar-refractivity contribution is -0.00518. The van der Waals surface area contributed by atoms with Gasteiger partial charge in [0.25, 0.3) is 0 Å². The molecule has 2 aromatic heterocycles. The van der Waals surface area contributed by atoms with E-state index in [-0.39, 0.29) is 0 Å². The van der Waals surface area contributed by atoms with E-state index in [1.165, 1.54) is 44.1 Å². The number of furan rings is 1. The average molecular weight is 559 g/mol. The van der Waals surface area contributed by atoms with Crippen LogP contribution in [0.15, 0.2) is 95.4 Å². The second-order valence-electron chi connectivity index (χ2n) is 13.1. The molecule has 0 radical (unpaired) electrons. The fourth-order valence-corrected chi connectivity index (χ4v) is 8.81. The van der Waals surface area contributed by atoms with E-state index >= 15 is 0 Å². The molecule has 2 heterocycles. The summed E-state index contributed by atoms with van der Waals surface area (Å²) in [5, 5.41) is 11.4. The summed E-state index contributed by atoms with van der Waals surface area (Å²) in [5.41, 5.74) is 6.57. The van der Waals surface area contributed by atoms with Crippen molar-refractivity contribution in [2.45, 2.75) is 43.9 Å². The van der Waals surface area contributed by atoms with Crippen LogP contribution in [-0.2, 0) is 5.41 Å². The Morgan fingerprint density at radius 2 is 1.23 bits per heavy atom. The number of fused-ring (bicyclic) bond motifs is 3. The van der Waals surface area contributed by atoms with Gasteiger partial charge in [0.2, 0.25) is 0 Å².